The highest BCUT2D eigenvalue weighted by Crippen LogP contribution is 2.23. The predicted octanol–water partition coefficient (Wildman–Crippen LogP) is 2.10. The topological polar surface area (TPSA) is 57.7 Å². The van der Waals surface area contributed by atoms with Crippen LogP contribution in [0.1, 0.15) is 32.3 Å². The number of sulfonamides is 1. The van der Waals surface area contributed by atoms with Crippen LogP contribution in [0.3, 0.4) is 0 Å². The van der Waals surface area contributed by atoms with E-state index in [0.717, 1.165) is 5.56 Å². The lowest BCUT2D eigenvalue weighted by Gasteiger charge is -2.35. The Bertz CT molecular complexity index is 620. The van der Waals surface area contributed by atoms with Crippen LogP contribution in [-0.2, 0) is 21.4 Å². The molecule has 1 aliphatic heterocycles. The van der Waals surface area contributed by atoms with Crippen molar-refractivity contribution in [2.24, 2.45) is 5.92 Å². The first kappa shape index (κ1) is 17.9. The second-order valence-electron chi connectivity index (χ2n) is 6.48. The fourth-order valence-corrected chi connectivity index (χ4v) is 3.84. The van der Waals surface area contributed by atoms with E-state index in [1.807, 2.05) is 49.1 Å². The van der Waals surface area contributed by atoms with Crippen LogP contribution in [0.4, 0.5) is 0 Å². The van der Waals surface area contributed by atoms with E-state index >= 15 is 0 Å². The number of nitrogens with zero attached hydrogens (tertiary/aromatic N) is 2. The van der Waals surface area contributed by atoms with Crippen molar-refractivity contribution in [3.05, 3.63) is 35.9 Å². The van der Waals surface area contributed by atoms with Crippen molar-refractivity contribution < 1.29 is 13.2 Å². The van der Waals surface area contributed by atoms with Gasteiger partial charge in [-0.05, 0) is 32.3 Å². The summed E-state index contributed by atoms with van der Waals surface area (Å²) in [5.74, 6) is 0.0520. The highest BCUT2D eigenvalue weighted by molar-refractivity contribution is 7.88. The summed E-state index contributed by atoms with van der Waals surface area (Å²) in [6.07, 6.45) is 2.43. The third kappa shape index (κ3) is 4.78. The molecule has 1 heterocycles. The van der Waals surface area contributed by atoms with Gasteiger partial charge in [0, 0.05) is 31.6 Å². The summed E-state index contributed by atoms with van der Waals surface area (Å²) >= 11 is 0. The second kappa shape index (κ2) is 7.45. The molecule has 1 saturated heterocycles. The summed E-state index contributed by atoms with van der Waals surface area (Å²) in [5, 5.41) is 0. The molecule has 0 aliphatic carbocycles. The molecule has 0 radical (unpaired) electrons. The van der Waals surface area contributed by atoms with Crippen molar-refractivity contribution in [3.8, 4) is 0 Å². The van der Waals surface area contributed by atoms with E-state index in [0.29, 0.717) is 32.5 Å². The molecule has 0 aromatic heterocycles. The lowest BCUT2D eigenvalue weighted by Crippen LogP contribution is -2.45. The van der Waals surface area contributed by atoms with Gasteiger partial charge >= 0.3 is 0 Å². The smallest absolute Gasteiger partial charge is 0.226 e. The quantitative estimate of drug-likeness (QED) is 0.826. The zero-order valence-corrected chi connectivity index (χ0v) is 14.9. The van der Waals surface area contributed by atoms with Crippen molar-refractivity contribution in [2.45, 2.75) is 39.3 Å². The molecule has 5 nitrogen and oxygen atoms in total. The molecule has 2 rings (SSSR count). The highest BCUT2D eigenvalue weighted by Gasteiger charge is 2.32. The SMILES string of the molecule is CC(C)N(Cc1ccccc1)C(=O)C1CCN(S(C)(=O)=O)CC1. The van der Waals surface area contributed by atoms with Crippen molar-refractivity contribution in [2.75, 3.05) is 19.3 Å². The van der Waals surface area contributed by atoms with Gasteiger partial charge in [0.2, 0.25) is 15.9 Å². The molecule has 6 heteroatoms. The van der Waals surface area contributed by atoms with Gasteiger partial charge in [-0.25, -0.2) is 12.7 Å². The minimum Gasteiger partial charge on any atom is -0.336 e. The summed E-state index contributed by atoms with van der Waals surface area (Å²) in [5.41, 5.74) is 1.11. The van der Waals surface area contributed by atoms with E-state index in [1.54, 1.807) is 0 Å². The van der Waals surface area contributed by atoms with E-state index in [9.17, 15) is 13.2 Å². The molecule has 0 saturated carbocycles. The molecule has 0 atom stereocenters. The average molecular weight is 338 g/mol. The molecule has 0 spiro atoms. The van der Waals surface area contributed by atoms with Gasteiger partial charge in [-0.15, -0.1) is 0 Å². The van der Waals surface area contributed by atoms with Crippen molar-refractivity contribution in [3.63, 3.8) is 0 Å². The molecule has 1 aromatic carbocycles. The zero-order chi connectivity index (χ0) is 17.0. The summed E-state index contributed by atoms with van der Waals surface area (Å²) in [6.45, 7) is 5.52. The van der Waals surface area contributed by atoms with E-state index in [2.05, 4.69) is 0 Å². The highest BCUT2D eigenvalue weighted by atomic mass is 32.2. The van der Waals surface area contributed by atoms with Gasteiger partial charge in [0.25, 0.3) is 0 Å². The van der Waals surface area contributed by atoms with E-state index in [1.165, 1.54) is 10.6 Å². The number of carbonyl (C=O) groups is 1. The lowest BCUT2D eigenvalue weighted by molar-refractivity contribution is -0.139. The molecular weight excluding hydrogens is 312 g/mol. The Morgan fingerprint density at radius 2 is 1.78 bits per heavy atom. The molecule has 1 aromatic rings. The zero-order valence-electron chi connectivity index (χ0n) is 14.1. The fourth-order valence-electron chi connectivity index (χ4n) is 2.96. The maximum absolute atomic E-state index is 12.9. The molecule has 0 bridgehead atoms. The average Bonchev–Trinajstić information content (AvgIpc) is 2.52. The van der Waals surface area contributed by atoms with E-state index < -0.39 is 10.0 Å². The van der Waals surface area contributed by atoms with Crippen LogP contribution in [-0.4, -0.2) is 48.9 Å². The minimum atomic E-state index is -3.15. The minimum absolute atomic E-state index is 0.0842. The van der Waals surface area contributed by atoms with Crippen LogP contribution in [0.2, 0.25) is 0 Å². The van der Waals surface area contributed by atoms with Crippen molar-refractivity contribution in [1.82, 2.24) is 9.21 Å². The number of piperidine rings is 1. The summed E-state index contributed by atoms with van der Waals surface area (Å²) < 4.78 is 24.6. The standard InChI is InChI=1S/C17H26N2O3S/c1-14(2)19(13-15-7-5-4-6-8-15)17(20)16-9-11-18(12-10-16)23(3,21)22/h4-8,14,16H,9-13H2,1-3H3. The van der Waals surface area contributed by atoms with Gasteiger partial charge in [-0.3, -0.25) is 4.79 Å². The number of carbonyl (C=O) groups excluding carboxylic acids is 1. The van der Waals surface area contributed by atoms with E-state index in [-0.39, 0.29) is 17.9 Å². The van der Waals surface area contributed by atoms with Crippen LogP contribution in [0, 0.1) is 5.92 Å². The van der Waals surface area contributed by atoms with Crippen LogP contribution in [0.15, 0.2) is 30.3 Å². The molecule has 1 amide bonds. The van der Waals surface area contributed by atoms with Gasteiger partial charge in [0.15, 0.2) is 0 Å². The number of benzene rings is 1. The van der Waals surface area contributed by atoms with Crippen molar-refractivity contribution in [1.29, 1.82) is 0 Å². The third-order valence-corrected chi connectivity index (χ3v) is 5.68. The Balaban J connectivity index is 2.02. The van der Waals surface area contributed by atoms with E-state index in [4.69, 9.17) is 0 Å². The first-order chi connectivity index (χ1) is 10.8. The van der Waals surface area contributed by atoms with Crippen LogP contribution in [0.25, 0.3) is 0 Å². The molecular formula is C17H26N2O3S. The summed E-state index contributed by atoms with van der Waals surface area (Å²) in [4.78, 5) is 14.8. The van der Waals surface area contributed by atoms with Gasteiger partial charge < -0.3 is 4.90 Å². The van der Waals surface area contributed by atoms with Crippen LogP contribution >= 0.6 is 0 Å². The maximum atomic E-state index is 12.9. The number of rotatable bonds is 5. The number of hydrogen-bond acceptors (Lipinski definition) is 3. The summed E-state index contributed by atoms with van der Waals surface area (Å²) in [6, 6.07) is 10.1. The first-order valence-corrected chi connectivity index (χ1v) is 9.93. The Labute approximate surface area is 139 Å². The Hall–Kier alpha value is -1.40. The van der Waals surface area contributed by atoms with Gasteiger partial charge in [0.05, 0.1) is 6.26 Å². The summed E-state index contributed by atoms with van der Waals surface area (Å²) in [7, 11) is -3.15. The van der Waals surface area contributed by atoms with Crippen LogP contribution in [0.5, 0.6) is 0 Å². The monoisotopic (exact) mass is 338 g/mol. The third-order valence-electron chi connectivity index (χ3n) is 4.37. The second-order valence-corrected chi connectivity index (χ2v) is 8.46. The lowest BCUT2D eigenvalue weighted by atomic mass is 9.95. The molecule has 23 heavy (non-hydrogen) atoms. The van der Waals surface area contributed by atoms with Gasteiger partial charge in [-0.2, -0.15) is 0 Å². The Morgan fingerprint density at radius 3 is 2.26 bits per heavy atom. The molecule has 0 N–H and O–H groups in total. The number of hydrogen-bond donors (Lipinski definition) is 0. The van der Waals surface area contributed by atoms with Crippen molar-refractivity contribution >= 4 is 15.9 Å². The molecule has 1 aliphatic rings. The van der Waals surface area contributed by atoms with Crippen LogP contribution < -0.4 is 0 Å². The normalized spacial score (nSPS) is 17.4. The molecule has 0 unspecified atom stereocenters. The molecule has 1 fully saturated rings. The van der Waals surface area contributed by atoms with Gasteiger partial charge in [0.1, 0.15) is 0 Å². The Kier molecular flexibility index (Phi) is 5.81. The Morgan fingerprint density at radius 1 is 1.22 bits per heavy atom. The number of amides is 1. The molecule has 128 valence electrons. The largest absolute Gasteiger partial charge is 0.336 e. The van der Waals surface area contributed by atoms with Gasteiger partial charge in [-0.1, -0.05) is 30.3 Å². The maximum Gasteiger partial charge on any atom is 0.226 e. The predicted molar refractivity (Wildman–Crippen MR) is 91.3 cm³/mol. The fraction of sp³-hybridized carbons (Fsp3) is 0.588. The first-order valence-electron chi connectivity index (χ1n) is 8.08.